The van der Waals surface area contributed by atoms with Crippen LogP contribution in [0.5, 0.6) is 0 Å². The number of hydrogen-bond acceptors (Lipinski definition) is 5. The Labute approximate surface area is 146 Å². The van der Waals surface area contributed by atoms with Crippen LogP contribution in [0.25, 0.3) is 0 Å². The highest BCUT2D eigenvalue weighted by molar-refractivity contribution is 7.98. The molecule has 6 heteroatoms. The van der Waals surface area contributed by atoms with E-state index in [2.05, 4.69) is 15.2 Å². The summed E-state index contributed by atoms with van der Waals surface area (Å²) in [4.78, 5) is 20.2. The minimum absolute atomic E-state index is 0.0700. The first-order chi connectivity index (χ1) is 11.8. The molecule has 3 rings (SSSR count). The smallest absolute Gasteiger partial charge is 0.251 e. The fourth-order valence-electron chi connectivity index (χ4n) is 2.65. The molecule has 1 saturated heterocycles. The number of ether oxygens (including phenoxy) is 1. The van der Waals surface area contributed by atoms with Gasteiger partial charge in [0.25, 0.3) is 5.91 Å². The van der Waals surface area contributed by atoms with Crippen LogP contribution in [0.1, 0.15) is 15.9 Å². The number of carbonyl (C=O) groups excluding carboxylic acids is 1. The van der Waals surface area contributed by atoms with Gasteiger partial charge in [-0.1, -0.05) is 6.07 Å². The van der Waals surface area contributed by atoms with Gasteiger partial charge in [-0.2, -0.15) is 0 Å². The lowest BCUT2D eigenvalue weighted by molar-refractivity contribution is 0.0950. The molecule has 1 aromatic carbocycles. The molecule has 0 spiro atoms. The maximum absolute atomic E-state index is 12.3. The van der Waals surface area contributed by atoms with Crippen molar-refractivity contribution in [3.05, 3.63) is 53.7 Å². The number of aromatic nitrogens is 1. The summed E-state index contributed by atoms with van der Waals surface area (Å²) in [7, 11) is 0. The molecule has 126 valence electrons. The second kappa shape index (κ2) is 8.17. The molecule has 1 aliphatic rings. The molecular formula is C18H21N3O2S. The van der Waals surface area contributed by atoms with Crippen molar-refractivity contribution in [3.63, 3.8) is 0 Å². The minimum atomic E-state index is -0.0700. The van der Waals surface area contributed by atoms with Crippen LogP contribution in [-0.2, 0) is 11.3 Å². The molecule has 1 N–H and O–H groups in total. The van der Waals surface area contributed by atoms with Gasteiger partial charge in [0.15, 0.2) is 0 Å². The lowest BCUT2D eigenvalue weighted by atomic mass is 10.2. The topological polar surface area (TPSA) is 54.5 Å². The summed E-state index contributed by atoms with van der Waals surface area (Å²) < 4.78 is 5.40. The van der Waals surface area contributed by atoms with Gasteiger partial charge in [-0.25, -0.2) is 4.98 Å². The fraction of sp³-hybridized carbons (Fsp3) is 0.333. The van der Waals surface area contributed by atoms with E-state index in [1.165, 1.54) is 0 Å². The summed E-state index contributed by atoms with van der Waals surface area (Å²) in [6.45, 7) is 3.54. The second-order valence-electron chi connectivity index (χ2n) is 5.50. The quantitative estimate of drug-likeness (QED) is 0.846. The number of benzene rings is 1. The molecule has 1 fully saturated rings. The third-order valence-electron chi connectivity index (χ3n) is 3.97. The van der Waals surface area contributed by atoms with Crippen LogP contribution in [0.15, 0.2) is 47.5 Å². The first-order valence-corrected chi connectivity index (χ1v) is 9.19. The summed E-state index contributed by atoms with van der Waals surface area (Å²) in [6.07, 6.45) is 3.81. The van der Waals surface area contributed by atoms with Crippen LogP contribution in [0.3, 0.4) is 0 Å². The number of nitrogens with one attached hydrogen (secondary N) is 1. The molecule has 2 heterocycles. The summed E-state index contributed by atoms with van der Waals surface area (Å²) in [5.41, 5.74) is 1.69. The molecular weight excluding hydrogens is 322 g/mol. The summed E-state index contributed by atoms with van der Waals surface area (Å²) in [6, 6.07) is 11.5. The maximum atomic E-state index is 12.3. The van der Waals surface area contributed by atoms with Crippen molar-refractivity contribution in [2.45, 2.75) is 11.4 Å². The van der Waals surface area contributed by atoms with E-state index in [0.29, 0.717) is 25.3 Å². The van der Waals surface area contributed by atoms with Crippen LogP contribution in [0.2, 0.25) is 0 Å². The van der Waals surface area contributed by atoms with Gasteiger partial charge in [0.1, 0.15) is 5.82 Å². The molecule has 1 aliphatic heterocycles. The number of rotatable bonds is 5. The van der Waals surface area contributed by atoms with Crippen LogP contribution in [0.4, 0.5) is 5.82 Å². The first-order valence-electron chi connectivity index (χ1n) is 7.97. The van der Waals surface area contributed by atoms with E-state index in [1.54, 1.807) is 18.0 Å². The van der Waals surface area contributed by atoms with E-state index >= 15 is 0 Å². The SMILES string of the molecule is CSc1ccc(C(=O)NCc2cccnc2N2CCOCC2)cc1. The molecule has 5 nitrogen and oxygen atoms in total. The molecule has 0 aliphatic carbocycles. The van der Waals surface area contributed by atoms with Gasteiger partial charge < -0.3 is 15.0 Å². The zero-order valence-corrected chi connectivity index (χ0v) is 14.5. The lowest BCUT2D eigenvalue weighted by Gasteiger charge is -2.29. The number of nitrogens with zero attached hydrogens (tertiary/aromatic N) is 2. The van der Waals surface area contributed by atoms with Gasteiger partial charge in [-0.3, -0.25) is 4.79 Å². The van der Waals surface area contributed by atoms with E-state index < -0.39 is 0 Å². The Balaban J connectivity index is 1.66. The fourth-order valence-corrected chi connectivity index (χ4v) is 3.06. The highest BCUT2D eigenvalue weighted by Gasteiger charge is 2.16. The van der Waals surface area contributed by atoms with Crippen LogP contribution in [0, 0.1) is 0 Å². The lowest BCUT2D eigenvalue weighted by Crippen LogP contribution is -2.37. The highest BCUT2D eigenvalue weighted by Crippen LogP contribution is 2.19. The number of carbonyl (C=O) groups is 1. The number of amides is 1. The van der Waals surface area contributed by atoms with Crippen LogP contribution in [-0.4, -0.2) is 43.5 Å². The van der Waals surface area contributed by atoms with Gasteiger partial charge >= 0.3 is 0 Å². The molecule has 24 heavy (non-hydrogen) atoms. The predicted octanol–water partition coefficient (Wildman–Crippen LogP) is 2.57. The maximum Gasteiger partial charge on any atom is 0.251 e. The van der Waals surface area contributed by atoms with Crippen molar-refractivity contribution < 1.29 is 9.53 Å². The standard InChI is InChI=1S/C18H21N3O2S/c1-24-16-6-4-14(5-7-16)18(22)20-13-15-3-2-8-19-17(15)21-9-11-23-12-10-21/h2-8H,9-13H2,1H3,(H,20,22). The second-order valence-corrected chi connectivity index (χ2v) is 6.38. The number of thioether (sulfide) groups is 1. The molecule has 0 bridgehead atoms. The molecule has 0 saturated carbocycles. The average Bonchev–Trinajstić information content (AvgIpc) is 2.67. The Bertz CT molecular complexity index is 685. The third kappa shape index (κ3) is 4.07. The number of anilines is 1. The van der Waals surface area contributed by atoms with Crippen molar-refractivity contribution in [1.29, 1.82) is 0 Å². The van der Waals surface area contributed by atoms with Gasteiger partial charge in [0, 0.05) is 41.9 Å². The summed E-state index contributed by atoms with van der Waals surface area (Å²) in [5.74, 6) is 0.860. The Morgan fingerprint density at radius 3 is 2.71 bits per heavy atom. The molecule has 1 aromatic heterocycles. The van der Waals surface area contributed by atoms with Gasteiger partial charge in [0.05, 0.1) is 13.2 Å². The molecule has 2 aromatic rings. The van der Waals surface area contributed by atoms with E-state index in [-0.39, 0.29) is 5.91 Å². The van der Waals surface area contributed by atoms with E-state index in [1.807, 2.05) is 42.7 Å². The largest absolute Gasteiger partial charge is 0.378 e. The molecule has 0 unspecified atom stereocenters. The monoisotopic (exact) mass is 343 g/mol. The van der Waals surface area contributed by atoms with Crippen molar-refractivity contribution in [2.24, 2.45) is 0 Å². The number of morpholine rings is 1. The molecule has 0 radical (unpaired) electrons. The van der Waals surface area contributed by atoms with Gasteiger partial charge in [-0.15, -0.1) is 11.8 Å². The third-order valence-corrected chi connectivity index (χ3v) is 4.71. The average molecular weight is 343 g/mol. The Morgan fingerprint density at radius 2 is 2.00 bits per heavy atom. The predicted molar refractivity (Wildman–Crippen MR) is 96.7 cm³/mol. The molecule has 0 atom stereocenters. The van der Waals surface area contributed by atoms with Crippen LogP contribution >= 0.6 is 11.8 Å². The first kappa shape index (κ1) is 16.8. The number of hydrogen-bond donors (Lipinski definition) is 1. The van der Waals surface area contributed by atoms with Gasteiger partial charge in [0.2, 0.25) is 0 Å². The van der Waals surface area contributed by atoms with Crippen molar-refractivity contribution in [3.8, 4) is 0 Å². The Hall–Kier alpha value is -2.05. The zero-order valence-electron chi connectivity index (χ0n) is 13.7. The normalized spacial score (nSPS) is 14.5. The van der Waals surface area contributed by atoms with E-state index in [4.69, 9.17) is 4.74 Å². The van der Waals surface area contributed by atoms with Crippen molar-refractivity contribution in [2.75, 3.05) is 37.5 Å². The molecule has 1 amide bonds. The zero-order chi connectivity index (χ0) is 16.8. The summed E-state index contributed by atoms with van der Waals surface area (Å²) >= 11 is 1.66. The number of pyridine rings is 1. The Kier molecular flexibility index (Phi) is 5.72. The van der Waals surface area contributed by atoms with Crippen molar-refractivity contribution >= 4 is 23.5 Å². The van der Waals surface area contributed by atoms with Gasteiger partial charge in [-0.05, 0) is 36.6 Å². The minimum Gasteiger partial charge on any atom is -0.378 e. The highest BCUT2D eigenvalue weighted by atomic mass is 32.2. The Morgan fingerprint density at radius 1 is 1.25 bits per heavy atom. The van der Waals surface area contributed by atoms with Crippen LogP contribution < -0.4 is 10.2 Å². The summed E-state index contributed by atoms with van der Waals surface area (Å²) in [5, 5.41) is 2.99. The van der Waals surface area contributed by atoms with E-state index in [0.717, 1.165) is 29.4 Å². The van der Waals surface area contributed by atoms with E-state index in [9.17, 15) is 4.79 Å². The van der Waals surface area contributed by atoms with Crippen molar-refractivity contribution in [1.82, 2.24) is 10.3 Å².